The largest absolute Gasteiger partial charge is 0.382 e. The normalized spacial score (nSPS) is 13.7. The van der Waals surface area contributed by atoms with E-state index in [1.807, 2.05) is 13.8 Å². The first-order valence-electron chi connectivity index (χ1n) is 3.09. The summed E-state index contributed by atoms with van der Waals surface area (Å²) < 4.78 is 9.98. The molecule has 0 aromatic carbocycles. The first kappa shape index (κ1) is 8.92. The first-order chi connectivity index (χ1) is 4.31. The topological polar surface area (TPSA) is 18.5 Å². The number of hydrogen-bond donors (Lipinski definition) is 0. The summed E-state index contributed by atoms with van der Waals surface area (Å²) in [5.74, 6) is 0. The Morgan fingerprint density at radius 2 is 2.11 bits per heavy atom. The molecule has 0 aromatic heterocycles. The summed E-state index contributed by atoms with van der Waals surface area (Å²) >= 11 is 0. The molecule has 2 radical (unpaired) electrons. The third-order valence-electron chi connectivity index (χ3n) is 1.06. The highest BCUT2D eigenvalue weighted by molar-refractivity contribution is 4.64. The van der Waals surface area contributed by atoms with E-state index in [0.29, 0.717) is 13.2 Å². The molecule has 0 bridgehead atoms. The average Bonchev–Trinajstić information content (AvgIpc) is 1.89. The maximum Gasteiger partial charge on any atom is 0.0704 e. The number of hydrogen-bond acceptors (Lipinski definition) is 2. The Bertz CT molecular complexity index is 54.9. The maximum absolute atomic E-state index is 5.20. The van der Waals surface area contributed by atoms with Crippen LogP contribution in [0.1, 0.15) is 13.8 Å². The highest BCUT2D eigenvalue weighted by atomic mass is 16.5. The van der Waals surface area contributed by atoms with Crippen LogP contribution in [-0.2, 0) is 9.47 Å². The molecule has 0 amide bonds. The van der Waals surface area contributed by atoms with Crippen molar-refractivity contribution in [1.82, 2.24) is 0 Å². The molecule has 0 aliphatic rings. The minimum absolute atomic E-state index is 0.125. The summed E-state index contributed by atoms with van der Waals surface area (Å²) in [6.45, 7) is 5.12. The predicted molar refractivity (Wildman–Crippen MR) is 36.2 cm³/mol. The Hall–Kier alpha value is -0.0800. The Labute approximate surface area is 57.2 Å². The quantitative estimate of drug-likeness (QED) is 0.519. The molecule has 0 saturated carbocycles. The Balaban J connectivity index is 2.88. The zero-order chi connectivity index (χ0) is 7.11. The zero-order valence-electron chi connectivity index (χ0n) is 6.31. The highest BCUT2D eigenvalue weighted by Gasteiger charge is 1.96. The lowest BCUT2D eigenvalue weighted by Gasteiger charge is -2.07. The summed E-state index contributed by atoms with van der Waals surface area (Å²) in [4.78, 5) is 0. The van der Waals surface area contributed by atoms with Crippen LogP contribution in [0.15, 0.2) is 0 Å². The number of rotatable bonds is 5. The number of ether oxygens (including phenoxy) is 2. The third kappa shape index (κ3) is 5.80. The lowest BCUT2D eigenvalue weighted by Crippen LogP contribution is -2.11. The second-order valence-corrected chi connectivity index (χ2v) is 1.79. The molecule has 0 saturated heterocycles. The monoisotopic (exact) mass is 130 g/mol. The van der Waals surface area contributed by atoms with Crippen LogP contribution in [0.25, 0.3) is 0 Å². The van der Waals surface area contributed by atoms with Crippen LogP contribution in [0.5, 0.6) is 0 Å². The highest BCUT2D eigenvalue weighted by Crippen LogP contribution is 1.92. The van der Waals surface area contributed by atoms with E-state index in [0.717, 1.165) is 0 Å². The van der Waals surface area contributed by atoms with Crippen molar-refractivity contribution in [3.8, 4) is 0 Å². The van der Waals surface area contributed by atoms with Crippen LogP contribution >= 0.6 is 0 Å². The molecule has 0 spiro atoms. The van der Waals surface area contributed by atoms with E-state index in [4.69, 9.17) is 9.47 Å². The summed E-state index contributed by atoms with van der Waals surface area (Å²) in [6.07, 6.45) is 3.07. The van der Waals surface area contributed by atoms with Gasteiger partial charge < -0.3 is 9.47 Å². The molecular formula is C7H14O2. The maximum atomic E-state index is 5.20. The van der Waals surface area contributed by atoms with E-state index in [9.17, 15) is 0 Å². The minimum Gasteiger partial charge on any atom is -0.382 e. The molecule has 0 aliphatic carbocycles. The lowest BCUT2D eigenvalue weighted by atomic mass is 10.3. The van der Waals surface area contributed by atoms with Gasteiger partial charge in [0.05, 0.1) is 19.3 Å². The molecule has 0 aromatic rings. The molecular weight excluding hydrogens is 116 g/mol. The van der Waals surface area contributed by atoms with Crippen molar-refractivity contribution in [3.63, 3.8) is 0 Å². The van der Waals surface area contributed by atoms with Crippen LogP contribution in [0.2, 0.25) is 0 Å². The van der Waals surface area contributed by atoms with Gasteiger partial charge in [0.25, 0.3) is 0 Å². The molecule has 2 nitrogen and oxygen atoms in total. The van der Waals surface area contributed by atoms with Gasteiger partial charge in [0.1, 0.15) is 0 Å². The van der Waals surface area contributed by atoms with Gasteiger partial charge in [0.15, 0.2) is 0 Å². The second-order valence-electron chi connectivity index (χ2n) is 1.79. The molecule has 2 heteroatoms. The molecule has 9 heavy (non-hydrogen) atoms. The van der Waals surface area contributed by atoms with Crippen molar-refractivity contribution in [1.29, 1.82) is 0 Å². The van der Waals surface area contributed by atoms with E-state index in [1.54, 1.807) is 7.11 Å². The summed E-state index contributed by atoms with van der Waals surface area (Å²) in [5, 5.41) is 0. The van der Waals surface area contributed by atoms with Crippen molar-refractivity contribution in [2.24, 2.45) is 0 Å². The second kappa shape index (κ2) is 6.05. The summed E-state index contributed by atoms with van der Waals surface area (Å²) in [5.41, 5.74) is 0. The molecule has 0 N–H and O–H groups in total. The predicted octanol–water partition coefficient (Wildman–Crippen LogP) is 1.14. The van der Waals surface area contributed by atoms with Crippen LogP contribution in [-0.4, -0.2) is 26.4 Å². The van der Waals surface area contributed by atoms with Gasteiger partial charge in [0.2, 0.25) is 0 Å². The van der Waals surface area contributed by atoms with Gasteiger partial charge in [-0.15, -0.1) is 0 Å². The third-order valence-corrected chi connectivity index (χ3v) is 1.06. The van der Waals surface area contributed by atoms with Crippen molar-refractivity contribution in [2.75, 3.05) is 20.3 Å². The van der Waals surface area contributed by atoms with Crippen molar-refractivity contribution in [2.45, 2.75) is 20.0 Å². The van der Waals surface area contributed by atoms with E-state index in [-0.39, 0.29) is 6.10 Å². The van der Waals surface area contributed by atoms with Crippen LogP contribution in [0, 0.1) is 6.42 Å². The lowest BCUT2D eigenvalue weighted by molar-refractivity contribution is 0.0410. The Morgan fingerprint density at radius 3 is 2.56 bits per heavy atom. The summed E-state index contributed by atoms with van der Waals surface area (Å²) in [6, 6.07) is 0. The zero-order valence-corrected chi connectivity index (χ0v) is 6.31. The fourth-order valence-electron chi connectivity index (χ4n) is 0.392. The van der Waals surface area contributed by atoms with E-state index in [2.05, 4.69) is 6.42 Å². The molecule has 0 rings (SSSR count). The van der Waals surface area contributed by atoms with Crippen molar-refractivity contribution >= 4 is 0 Å². The fourth-order valence-corrected chi connectivity index (χ4v) is 0.392. The van der Waals surface area contributed by atoms with E-state index >= 15 is 0 Å². The van der Waals surface area contributed by atoms with Gasteiger partial charge >= 0.3 is 0 Å². The molecule has 0 heterocycles. The van der Waals surface area contributed by atoms with Crippen LogP contribution in [0.4, 0.5) is 0 Å². The van der Waals surface area contributed by atoms with Gasteiger partial charge in [-0.2, -0.15) is 0 Å². The van der Waals surface area contributed by atoms with E-state index in [1.165, 1.54) is 0 Å². The van der Waals surface area contributed by atoms with E-state index < -0.39 is 0 Å². The van der Waals surface area contributed by atoms with Gasteiger partial charge in [-0.25, -0.2) is 0 Å². The SMILES string of the molecule is C[C]C(C)OCCOC. The Kier molecular flexibility index (Phi) is 5.99. The minimum atomic E-state index is 0.125. The van der Waals surface area contributed by atoms with Crippen molar-refractivity contribution in [3.05, 3.63) is 6.42 Å². The fraction of sp³-hybridized carbons (Fsp3) is 0.857. The average molecular weight is 130 g/mol. The molecule has 0 aliphatic heterocycles. The summed E-state index contributed by atoms with van der Waals surface area (Å²) in [7, 11) is 1.66. The van der Waals surface area contributed by atoms with Crippen LogP contribution < -0.4 is 0 Å². The van der Waals surface area contributed by atoms with Gasteiger partial charge in [-0.3, -0.25) is 0 Å². The van der Waals surface area contributed by atoms with Gasteiger partial charge in [-0.05, 0) is 6.92 Å². The van der Waals surface area contributed by atoms with Crippen LogP contribution in [0.3, 0.4) is 0 Å². The molecule has 54 valence electrons. The standard InChI is InChI=1S/C7H14O2/c1-4-7(2)9-6-5-8-3/h7H,5-6H2,1-3H3. The smallest absolute Gasteiger partial charge is 0.0704 e. The Morgan fingerprint density at radius 1 is 1.44 bits per heavy atom. The molecule has 1 atom stereocenters. The molecule has 1 unspecified atom stereocenters. The van der Waals surface area contributed by atoms with Gasteiger partial charge in [0, 0.05) is 13.5 Å². The van der Waals surface area contributed by atoms with Gasteiger partial charge in [-0.1, -0.05) is 6.92 Å². The van der Waals surface area contributed by atoms with Crippen molar-refractivity contribution < 1.29 is 9.47 Å². The number of methoxy groups -OCH3 is 1. The first-order valence-corrected chi connectivity index (χ1v) is 3.09. The molecule has 0 fully saturated rings.